The fourth-order valence-corrected chi connectivity index (χ4v) is 2.65. The molecule has 0 bridgehead atoms. The Bertz CT molecular complexity index is 350. The molecular weight excluding hydrogens is 238 g/mol. The van der Waals surface area contributed by atoms with Crippen molar-refractivity contribution in [1.29, 1.82) is 0 Å². The predicted octanol–water partition coefficient (Wildman–Crippen LogP) is -0.310. The number of carbonyl (C=O) groups is 2. The maximum atomic E-state index is 12.4. The van der Waals surface area contributed by atoms with Crippen molar-refractivity contribution in [2.45, 2.75) is 43.9 Å². The van der Waals surface area contributed by atoms with Gasteiger partial charge in [-0.15, -0.1) is 0 Å². The third-order valence-corrected chi connectivity index (χ3v) is 3.68. The summed E-state index contributed by atoms with van der Waals surface area (Å²) in [5, 5.41) is 9.65. The number of hydrogen-bond acceptors (Lipinski definition) is 5. The number of methoxy groups -OCH3 is 1. The van der Waals surface area contributed by atoms with E-state index in [0.29, 0.717) is 13.0 Å². The monoisotopic (exact) mass is 257 g/mol. The van der Waals surface area contributed by atoms with Crippen molar-refractivity contribution in [3.63, 3.8) is 0 Å². The van der Waals surface area contributed by atoms with Crippen LogP contribution in [0.2, 0.25) is 0 Å². The Morgan fingerprint density at radius 3 is 2.78 bits per heavy atom. The molecule has 0 spiro atoms. The van der Waals surface area contributed by atoms with E-state index in [9.17, 15) is 14.7 Å². The van der Waals surface area contributed by atoms with Gasteiger partial charge in [-0.2, -0.15) is 0 Å². The fraction of sp³-hybridized carbons (Fsp3) is 0.833. The summed E-state index contributed by atoms with van der Waals surface area (Å²) in [5.41, 5.74) is -0.865. The van der Waals surface area contributed by atoms with Crippen LogP contribution in [0.5, 0.6) is 0 Å². The number of β-amino-alcohol motifs (C(OH)–C–C–N with tert-alkyl or cyclic N) is 1. The summed E-state index contributed by atoms with van der Waals surface area (Å²) in [7, 11) is 1.28. The minimum Gasteiger partial charge on any atom is -0.467 e. The first-order valence-electron chi connectivity index (χ1n) is 6.19. The molecule has 6 nitrogen and oxygen atoms in total. The molecule has 1 amide bonds. The Morgan fingerprint density at radius 1 is 1.50 bits per heavy atom. The van der Waals surface area contributed by atoms with Gasteiger partial charge in [-0.1, -0.05) is 0 Å². The molecule has 3 atom stereocenters. The number of carbonyl (C=O) groups excluding carboxylic acids is 2. The van der Waals surface area contributed by atoms with Crippen LogP contribution in [0.25, 0.3) is 0 Å². The van der Waals surface area contributed by atoms with Crippen molar-refractivity contribution in [3.8, 4) is 0 Å². The molecule has 2 aliphatic heterocycles. The average Bonchev–Trinajstić information content (AvgIpc) is 2.94. The summed E-state index contributed by atoms with van der Waals surface area (Å²) in [6.45, 7) is 2.46. The number of likely N-dealkylation sites (tertiary alicyclic amines) is 1. The van der Waals surface area contributed by atoms with E-state index in [4.69, 9.17) is 4.74 Å². The van der Waals surface area contributed by atoms with Crippen LogP contribution in [-0.4, -0.2) is 59.9 Å². The topological polar surface area (TPSA) is 76.1 Å². The summed E-state index contributed by atoms with van der Waals surface area (Å²) < 4.78 is 10.2. The third kappa shape index (κ3) is 2.22. The number of aliphatic hydroxyl groups excluding tert-OH is 1. The van der Waals surface area contributed by atoms with Crippen LogP contribution in [0.4, 0.5) is 0 Å². The molecule has 2 rings (SSSR count). The second-order valence-electron chi connectivity index (χ2n) is 5.07. The molecule has 0 saturated carbocycles. The standard InChI is InChI=1S/C12H19NO5/c1-12(4-3-5-18-12)11(16)13-7-8(14)6-9(13)10(15)17-2/h8-9,14H,3-7H2,1-2H3. The van der Waals surface area contributed by atoms with Crippen LogP contribution in [0.15, 0.2) is 0 Å². The molecular formula is C12H19NO5. The van der Waals surface area contributed by atoms with Gasteiger partial charge in [0.1, 0.15) is 11.6 Å². The lowest BCUT2D eigenvalue weighted by Gasteiger charge is -2.30. The van der Waals surface area contributed by atoms with Crippen LogP contribution in [-0.2, 0) is 19.1 Å². The largest absolute Gasteiger partial charge is 0.467 e. The number of aliphatic hydroxyl groups is 1. The lowest BCUT2D eigenvalue weighted by molar-refractivity contribution is -0.160. The highest BCUT2D eigenvalue weighted by molar-refractivity contribution is 5.90. The van der Waals surface area contributed by atoms with E-state index in [0.717, 1.165) is 6.42 Å². The molecule has 2 saturated heterocycles. The van der Waals surface area contributed by atoms with Gasteiger partial charge in [0.05, 0.1) is 13.2 Å². The zero-order chi connectivity index (χ0) is 13.3. The van der Waals surface area contributed by atoms with E-state index in [2.05, 4.69) is 4.74 Å². The summed E-state index contributed by atoms with van der Waals surface area (Å²) in [4.78, 5) is 25.4. The van der Waals surface area contributed by atoms with Gasteiger partial charge in [0, 0.05) is 19.6 Å². The number of nitrogens with zero attached hydrogens (tertiary/aromatic N) is 1. The molecule has 0 radical (unpaired) electrons. The summed E-state index contributed by atoms with van der Waals surface area (Å²) in [6, 6.07) is -0.696. The molecule has 2 fully saturated rings. The van der Waals surface area contributed by atoms with Crippen molar-refractivity contribution < 1.29 is 24.2 Å². The van der Waals surface area contributed by atoms with Crippen molar-refractivity contribution in [2.24, 2.45) is 0 Å². The number of rotatable bonds is 2. The fourth-order valence-electron chi connectivity index (χ4n) is 2.65. The molecule has 0 aromatic carbocycles. The Balaban J connectivity index is 2.15. The van der Waals surface area contributed by atoms with Crippen LogP contribution in [0.3, 0.4) is 0 Å². The van der Waals surface area contributed by atoms with Gasteiger partial charge in [-0.25, -0.2) is 4.79 Å². The van der Waals surface area contributed by atoms with Gasteiger partial charge < -0.3 is 19.5 Å². The van der Waals surface area contributed by atoms with E-state index in [1.807, 2.05) is 0 Å². The van der Waals surface area contributed by atoms with E-state index >= 15 is 0 Å². The first-order chi connectivity index (χ1) is 8.48. The Labute approximate surface area is 106 Å². The minimum atomic E-state index is -0.865. The van der Waals surface area contributed by atoms with Crippen molar-refractivity contribution in [3.05, 3.63) is 0 Å². The van der Waals surface area contributed by atoms with Gasteiger partial charge in [0.25, 0.3) is 5.91 Å². The first-order valence-corrected chi connectivity index (χ1v) is 6.19. The van der Waals surface area contributed by atoms with Crippen LogP contribution in [0.1, 0.15) is 26.2 Å². The highest BCUT2D eigenvalue weighted by Crippen LogP contribution is 2.31. The van der Waals surface area contributed by atoms with Crippen LogP contribution < -0.4 is 0 Å². The SMILES string of the molecule is COC(=O)C1CC(O)CN1C(=O)C1(C)CCCO1. The molecule has 2 aliphatic rings. The number of ether oxygens (including phenoxy) is 2. The van der Waals surface area contributed by atoms with Crippen molar-refractivity contribution in [2.75, 3.05) is 20.3 Å². The molecule has 3 unspecified atom stereocenters. The molecule has 2 heterocycles. The molecule has 0 aliphatic carbocycles. The highest BCUT2D eigenvalue weighted by atomic mass is 16.5. The molecule has 6 heteroatoms. The second kappa shape index (κ2) is 4.85. The third-order valence-electron chi connectivity index (χ3n) is 3.68. The zero-order valence-corrected chi connectivity index (χ0v) is 10.7. The maximum Gasteiger partial charge on any atom is 0.328 e. The van der Waals surface area contributed by atoms with Crippen molar-refractivity contribution in [1.82, 2.24) is 4.90 Å². The van der Waals surface area contributed by atoms with Crippen LogP contribution in [0, 0.1) is 0 Å². The predicted molar refractivity (Wildman–Crippen MR) is 61.7 cm³/mol. The van der Waals surface area contributed by atoms with E-state index < -0.39 is 23.7 Å². The van der Waals surface area contributed by atoms with Crippen molar-refractivity contribution >= 4 is 11.9 Å². The van der Waals surface area contributed by atoms with Gasteiger partial charge in [0.15, 0.2) is 0 Å². The smallest absolute Gasteiger partial charge is 0.328 e. The second-order valence-corrected chi connectivity index (χ2v) is 5.07. The Morgan fingerprint density at radius 2 is 2.22 bits per heavy atom. The molecule has 0 aromatic rings. The Hall–Kier alpha value is -1.14. The molecule has 0 aromatic heterocycles. The van der Waals surface area contributed by atoms with Gasteiger partial charge >= 0.3 is 5.97 Å². The Kier molecular flexibility index (Phi) is 3.59. The number of amides is 1. The summed E-state index contributed by atoms with van der Waals surface area (Å²) in [6.07, 6.45) is 1.03. The lowest BCUT2D eigenvalue weighted by Crippen LogP contribution is -2.51. The molecule has 1 N–H and O–H groups in total. The van der Waals surface area contributed by atoms with E-state index in [1.165, 1.54) is 12.0 Å². The van der Waals surface area contributed by atoms with Crippen LogP contribution >= 0.6 is 0 Å². The average molecular weight is 257 g/mol. The van der Waals surface area contributed by atoms with Gasteiger partial charge in [-0.05, 0) is 19.8 Å². The van der Waals surface area contributed by atoms with Gasteiger partial charge in [-0.3, -0.25) is 4.79 Å². The van der Waals surface area contributed by atoms with Gasteiger partial charge in [0.2, 0.25) is 0 Å². The number of esters is 1. The highest BCUT2D eigenvalue weighted by Gasteiger charge is 2.47. The minimum absolute atomic E-state index is 0.164. The normalized spacial score (nSPS) is 35.8. The first kappa shape index (κ1) is 13.3. The van der Waals surface area contributed by atoms with E-state index in [1.54, 1.807) is 6.92 Å². The summed E-state index contributed by atoms with van der Waals surface area (Å²) >= 11 is 0. The maximum absolute atomic E-state index is 12.4. The summed E-state index contributed by atoms with van der Waals surface area (Å²) in [5.74, 6) is -0.714. The zero-order valence-electron chi connectivity index (χ0n) is 10.7. The molecule has 18 heavy (non-hydrogen) atoms. The molecule has 102 valence electrons. The number of hydrogen-bond donors (Lipinski definition) is 1. The van der Waals surface area contributed by atoms with E-state index in [-0.39, 0.29) is 18.9 Å². The lowest BCUT2D eigenvalue weighted by atomic mass is 10.0. The quantitative estimate of drug-likeness (QED) is 0.687.